The van der Waals surface area contributed by atoms with Crippen LogP contribution >= 0.6 is 0 Å². The number of ketones is 1. The monoisotopic (exact) mass is 908 g/mol. The number of ether oxygens (including phenoxy) is 3. The summed E-state index contributed by atoms with van der Waals surface area (Å²) >= 11 is 0. The van der Waals surface area contributed by atoms with Gasteiger partial charge >= 0.3 is 0 Å². The number of rotatable bonds is 22. The molecule has 0 aliphatic heterocycles. The van der Waals surface area contributed by atoms with Crippen LogP contribution in [0.1, 0.15) is 77.5 Å². The summed E-state index contributed by atoms with van der Waals surface area (Å²) in [5.41, 5.74) is 2.78. The van der Waals surface area contributed by atoms with E-state index in [9.17, 15) is 24.3 Å². The Bertz CT molecular complexity index is 1770. The fraction of sp³-hybridized carbons (Fsp3) is 0.529. The molecular weight excluding hydrogens is 827 g/mol. The zero-order chi connectivity index (χ0) is 48.9. The van der Waals surface area contributed by atoms with Crippen LogP contribution in [0.4, 0.5) is 0 Å². The quantitative estimate of drug-likeness (QED) is 0.0343. The summed E-state index contributed by atoms with van der Waals surface area (Å²) in [5, 5.41) is 10.2. The molecule has 0 fully saturated rings. The topological polar surface area (TPSA) is 135 Å². The van der Waals surface area contributed by atoms with E-state index in [1.807, 2.05) is 110 Å². The van der Waals surface area contributed by atoms with Crippen molar-refractivity contribution in [3.63, 3.8) is 0 Å². The maximum Gasteiger partial charge on any atom is 0.244 e. The molecule has 1 N–H and O–H groups in total. The van der Waals surface area contributed by atoms with E-state index in [4.69, 9.17) is 18.6 Å². The van der Waals surface area contributed by atoms with Gasteiger partial charge in [-0.2, -0.15) is 0 Å². The Morgan fingerprint density at radius 2 is 1.02 bits per heavy atom. The van der Waals surface area contributed by atoms with E-state index in [1.54, 1.807) is 55.9 Å². The lowest BCUT2D eigenvalue weighted by Gasteiger charge is -2.31. The van der Waals surface area contributed by atoms with Gasteiger partial charge in [-0.1, -0.05) is 91.0 Å². The largest absolute Gasteiger partial charge is 0.533 e. The van der Waals surface area contributed by atoms with Crippen LogP contribution in [0.25, 0.3) is 0 Å². The van der Waals surface area contributed by atoms with Gasteiger partial charge in [0.25, 0.3) is 0 Å². The molecule has 358 valence electrons. The number of benzene rings is 3. The predicted molar refractivity (Wildman–Crippen MR) is 261 cm³/mol. The number of nitrogens with zero attached hydrogens (tertiary/aromatic N) is 3. The highest BCUT2D eigenvalue weighted by Gasteiger charge is 2.37. The smallest absolute Gasteiger partial charge is 0.244 e. The maximum absolute atomic E-state index is 12.1. The van der Waals surface area contributed by atoms with Crippen LogP contribution in [0.15, 0.2) is 102 Å². The van der Waals surface area contributed by atoms with Crippen molar-refractivity contribution in [1.82, 2.24) is 14.7 Å². The normalized spacial score (nSPS) is 11.4. The fourth-order valence-electron chi connectivity index (χ4n) is 5.79. The van der Waals surface area contributed by atoms with Gasteiger partial charge in [-0.05, 0) is 89.9 Å². The third kappa shape index (κ3) is 25.6. The molecule has 0 aliphatic rings. The Kier molecular flexibility index (Phi) is 29.0. The number of hydrogen-bond acceptors (Lipinski definition) is 10. The summed E-state index contributed by atoms with van der Waals surface area (Å²) < 4.78 is 22.2. The van der Waals surface area contributed by atoms with E-state index >= 15 is 0 Å². The van der Waals surface area contributed by atoms with E-state index in [0.29, 0.717) is 52.5 Å². The van der Waals surface area contributed by atoms with Crippen molar-refractivity contribution in [3.05, 3.63) is 119 Å². The van der Waals surface area contributed by atoms with Gasteiger partial charge in [0, 0.05) is 61.7 Å². The zero-order valence-corrected chi connectivity index (χ0v) is 42.7. The molecule has 0 spiro atoms. The first-order chi connectivity index (χ1) is 29.9. The molecule has 0 heterocycles. The molecule has 0 aliphatic carbocycles. The Morgan fingerprint density at radius 3 is 1.34 bits per heavy atom. The third-order valence-electron chi connectivity index (χ3n) is 9.39. The van der Waals surface area contributed by atoms with E-state index in [2.05, 4.69) is 33.5 Å². The minimum atomic E-state index is -1.45. The van der Waals surface area contributed by atoms with Crippen molar-refractivity contribution in [3.8, 4) is 0 Å². The first-order valence-corrected chi connectivity index (χ1v) is 25.3. The second-order valence-electron chi connectivity index (χ2n) is 18.2. The molecule has 0 aromatic heterocycles. The van der Waals surface area contributed by atoms with Gasteiger partial charge in [0.05, 0.1) is 44.6 Å². The average Bonchev–Trinajstić information content (AvgIpc) is 3.25. The zero-order valence-electron chi connectivity index (χ0n) is 41.7. The fourth-order valence-corrected chi connectivity index (χ4v) is 6.75. The van der Waals surface area contributed by atoms with Gasteiger partial charge in [0.1, 0.15) is 17.5 Å². The third-order valence-corrected chi connectivity index (χ3v) is 10.2. The lowest BCUT2D eigenvalue weighted by molar-refractivity contribution is -0.146. The number of Topliss-reactive ketones (excluding diaryl/α,β-unsaturated/α-hetero) is 1. The van der Waals surface area contributed by atoms with Crippen LogP contribution in [0.3, 0.4) is 0 Å². The van der Waals surface area contributed by atoms with Crippen LogP contribution in [0, 0.1) is 10.8 Å². The summed E-state index contributed by atoms with van der Waals surface area (Å²) in [6, 6.07) is 29.6. The van der Waals surface area contributed by atoms with Crippen molar-refractivity contribution in [2.45, 2.75) is 106 Å². The second kappa shape index (κ2) is 31.3. The van der Waals surface area contributed by atoms with Crippen molar-refractivity contribution >= 4 is 32.2 Å². The summed E-state index contributed by atoms with van der Waals surface area (Å²) in [6.07, 6.45) is 1.32. The van der Waals surface area contributed by atoms with Crippen LogP contribution in [-0.2, 0) is 57.6 Å². The Balaban J connectivity index is 0.000000851. The highest BCUT2D eigenvalue weighted by Crippen LogP contribution is 2.25. The number of hydrogen-bond donors (Lipinski definition) is 1. The number of allylic oxidation sites excluding steroid dienone is 1. The lowest BCUT2D eigenvalue weighted by atomic mass is 9.83. The Hall–Kier alpha value is -4.66. The van der Waals surface area contributed by atoms with E-state index < -0.39 is 25.3 Å². The minimum absolute atomic E-state index is 0.0759. The molecule has 1 unspecified atom stereocenters. The maximum atomic E-state index is 12.1. The first-order valence-electron chi connectivity index (χ1n) is 21.9. The number of carbonyl (C=O) groups excluding carboxylic acids is 4. The lowest BCUT2D eigenvalue weighted by Crippen LogP contribution is -2.44. The molecule has 64 heavy (non-hydrogen) atoms. The summed E-state index contributed by atoms with van der Waals surface area (Å²) in [4.78, 5) is 50.9. The number of carbonyl (C=O) groups is 4. The molecule has 3 aromatic rings. The van der Waals surface area contributed by atoms with Crippen molar-refractivity contribution in [2.75, 3.05) is 62.1 Å². The highest BCUT2D eigenvalue weighted by molar-refractivity contribution is 6.70. The van der Waals surface area contributed by atoms with Gasteiger partial charge in [-0.25, -0.2) is 0 Å². The molecule has 3 rings (SSSR count). The predicted octanol–water partition coefficient (Wildman–Crippen LogP) is 8.79. The van der Waals surface area contributed by atoms with E-state index in [-0.39, 0.29) is 24.0 Å². The summed E-state index contributed by atoms with van der Waals surface area (Å²) in [5.74, 6) is 0.678. The molecule has 0 saturated carbocycles. The molecule has 13 heteroatoms. The molecule has 2 amide bonds. The van der Waals surface area contributed by atoms with E-state index in [1.165, 1.54) is 15.4 Å². The van der Waals surface area contributed by atoms with Crippen LogP contribution < -0.4 is 0 Å². The Labute approximate surface area is 387 Å². The van der Waals surface area contributed by atoms with Crippen LogP contribution in [0.5, 0.6) is 0 Å². The van der Waals surface area contributed by atoms with Gasteiger partial charge in [0.2, 0.25) is 20.1 Å². The van der Waals surface area contributed by atoms with E-state index in [0.717, 1.165) is 28.9 Å². The molecule has 12 nitrogen and oxygen atoms in total. The molecule has 3 aromatic carbocycles. The molecule has 1 atom stereocenters. The van der Waals surface area contributed by atoms with Crippen LogP contribution in [-0.4, -0.2) is 120 Å². The van der Waals surface area contributed by atoms with Gasteiger partial charge < -0.3 is 43.2 Å². The highest BCUT2D eigenvalue weighted by atomic mass is 28.4. The second-order valence-corrected chi connectivity index (χ2v) is 22.6. The summed E-state index contributed by atoms with van der Waals surface area (Å²) in [7, 11) is 9.29. The van der Waals surface area contributed by atoms with Crippen molar-refractivity contribution in [2.24, 2.45) is 10.8 Å². The average molecular weight is 908 g/mol. The van der Waals surface area contributed by atoms with Gasteiger partial charge in [0.15, 0.2) is 5.88 Å². The van der Waals surface area contributed by atoms with Crippen molar-refractivity contribution < 1.29 is 42.9 Å². The number of aldehydes is 1. The molecule has 0 bridgehead atoms. The molecular formula is C51H81N3O9Si. The van der Waals surface area contributed by atoms with Crippen LogP contribution in [0.2, 0.25) is 19.6 Å². The number of amides is 2. The summed E-state index contributed by atoms with van der Waals surface area (Å²) in [6.45, 7) is 20.5. The number of aliphatic hydroxyl groups is 1. The Morgan fingerprint density at radius 1 is 0.625 bits per heavy atom. The van der Waals surface area contributed by atoms with Crippen molar-refractivity contribution in [1.29, 1.82) is 0 Å². The van der Waals surface area contributed by atoms with Gasteiger partial charge in [-0.3, -0.25) is 14.4 Å². The SMILES string of the molecule is CC(C)=C(O[Si](C)(C)C)N(C)C.CN(C)C(=O)C(C)(C)C(=O)CCOCc1ccccc1.CN(C)C(=O)C(C)(C)C(O)CCOCc1ccccc1.O=CCCOCc1ccccc1. The molecule has 0 radical (unpaired) electrons. The molecule has 0 saturated heterocycles. The van der Waals surface area contributed by atoms with Gasteiger partial charge in [-0.15, -0.1) is 0 Å². The number of aliphatic hydroxyl groups excluding tert-OH is 1. The minimum Gasteiger partial charge on any atom is -0.533 e. The standard InChI is InChI=1S/C16H25NO3.C16H23NO3.C10H12O2.C9H21NOSi/c2*1-16(2,15(19)17(3)4)14(18)10-11-20-12-13-8-6-5-7-9-13;11-7-4-8-12-9-10-5-2-1-3-6-10;1-8(2)9(10(3)4)11-12(5,6)7/h5-9,14,18H,10-12H2,1-4H3;5-9H,10-12H2,1-4H3;1-3,5-7H,4,8-9H2;1-7H3. The first kappa shape index (κ1) is 59.3.